The third-order valence-electron chi connectivity index (χ3n) is 11.2. The summed E-state index contributed by atoms with van der Waals surface area (Å²) in [6, 6.07) is 4.98. The maximum atomic E-state index is 14.9. The number of hydrogen-bond donors (Lipinski definition) is 3. The summed E-state index contributed by atoms with van der Waals surface area (Å²) in [5.41, 5.74) is -1.37. The first-order valence-electron chi connectivity index (χ1n) is 20.1. The van der Waals surface area contributed by atoms with Gasteiger partial charge in [0, 0.05) is 55.0 Å². The minimum atomic E-state index is -5.02. The van der Waals surface area contributed by atoms with Crippen molar-refractivity contribution in [3.05, 3.63) is 76.1 Å². The first-order valence-corrected chi connectivity index (χ1v) is 22.4. The van der Waals surface area contributed by atoms with Crippen molar-refractivity contribution in [2.45, 2.75) is 97.1 Å². The summed E-state index contributed by atoms with van der Waals surface area (Å²) in [7, 11) is -0.263. The smallest absolute Gasteiger partial charge is 0.419 e. The number of ether oxygens (including phenoxy) is 2. The van der Waals surface area contributed by atoms with E-state index in [-0.39, 0.29) is 31.0 Å². The van der Waals surface area contributed by atoms with Crippen LogP contribution in [0.4, 0.5) is 23.2 Å². The largest absolute Gasteiger partial charge is 0.496 e. The predicted molar refractivity (Wildman–Crippen MR) is 231 cm³/mol. The molecular formula is C43H51F4N7O7S2. The normalized spacial score (nSPS) is 20.3. The highest BCUT2D eigenvalue weighted by molar-refractivity contribution is 7.87. The summed E-state index contributed by atoms with van der Waals surface area (Å²) in [4.78, 5) is 54.1. The molecule has 340 valence electrons. The molecule has 3 heterocycles. The second kappa shape index (κ2) is 17.3. The van der Waals surface area contributed by atoms with Gasteiger partial charge >= 0.3 is 16.4 Å². The van der Waals surface area contributed by atoms with Gasteiger partial charge in [0.1, 0.15) is 51.7 Å². The molecule has 6 rings (SSSR count). The van der Waals surface area contributed by atoms with E-state index in [0.717, 1.165) is 21.6 Å². The van der Waals surface area contributed by atoms with Crippen LogP contribution >= 0.6 is 11.3 Å². The molecule has 1 saturated heterocycles. The van der Waals surface area contributed by atoms with E-state index in [2.05, 4.69) is 10.6 Å². The van der Waals surface area contributed by atoms with Crippen LogP contribution in [0.1, 0.15) is 77.1 Å². The Kier molecular flexibility index (Phi) is 13.0. The van der Waals surface area contributed by atoms with Crippen LogP contribution in [0, 0.1) is 18.2 Å². The number of benzene rings is 2. The number of anilines is 1. The van der Waals surface area contributed by atoms with Gasteiger partial charge in [0.2, 0.25) is 11.8 Å². The van der Waals surface area contributed by atoms with Crippen LogP contribution in [-0.4, -0.2) is 96.8 Å². The molecule has 3 N–H and O–H groups in total. The van der Waals surface area contributed by atoms with Gasteiger partial charge in [-0.1, -0.05) is 40.7 Å². The second-order valence-corrected chi connectivity index (χ2v) is 20.0. The van der Waals surface area contributed by atoms with Gasteiger partial charge in [0.25, 0.3) is 5.91 Å². The van der Waals surface area contributed by atoms with Crippen molar-refractivity contribution in [1.29, 1.82) is 0 Å². The molecule has 2 aliphatic rings. The summed E-state index contributed by atoms with van der Waals surface area (Å²) in [6.07, 6.45) is -4.45. The summed E-state index contributed by atoms with van der Waals surface area (Å²) in [6.45, 7) is 12.4. The van der Waals surface area contributed by atoms with E-state index in [1.807, 2.05) is 30.9 Å². The van der Waals surface area contributed by atoms with Crippen LogP contribution in [0.25, 0.3) is 21.6 Å². The first-order chi connectivity index (χ1) is 29.3. The lowest BCUT2D eigenvalue weighted by atomic mass is 9.85. The average Bonchev–Trinajstić information content (AvgIpc) is 3.47. The van der Waals surface area contributed by atoms with Gasteiger partial charge in [-0.3, -0.25) is 14.4 Å². The van der Waals surface area contributed by atoms with Crippen LogP contribution in [0.3, 0.4) is 0 Å². The molecule has 4 aromatic rings. The van der Waals surface area contributed by atoms with E-state index in [4.69, 9.17) is 19.4 Å². The van der Waals surface area contributed by atoms with Crippen molar-refractivity contribution >= 4 is 55.9 Å². The molecule has 4 atom stereocenters. The Morgan fingerprint density at radius 3 is 2.33 bits per heavy atom. The zero-order valence-electron chi connectivity index (χ0n) is 36.5. The summed E-state index contributed by atoms with van der Waals surface area (Å²) in [5, 5.41) is 8.77. The number of aromatic nitrogens is 2. The fourth-order valence-corrected chi connectivity index (χ4v) is 8.96. The Labute approximate surface area is 367 Å². The van der Waals surface area contributed by atoms with Gasteiger partial charge in [-0.05, 0) is 61.1 Å². The predicted octanol–water partition coefficient (Wildman–Crippen LogP) is 6.96. The fourth-order valence-electron chi connectivity index (χ4n) is 7.43. The van der Waals surface area contributed by atoms with Crippen molar-refractivity contribution in [2.24, 2.45) is 5.41 Å². The number of likely N-dealkylation sites (tertiary alicyclic amines) is 1. The molecule has 2 aromatic carbocycles. The van der Waals surface area contributed by atoms with Gasteiger partial charge < -0.3 is 25.0 Å². The molecule has 1 aliphatic heterocycles. The van der Waals surface area contributed by atoms with Crippen molar-refractivity contribution in [3.63, 3.8) is 0 Å². The SMILES string of the molecule is C/C=C1/C[C@]1(NC(=O)[C@@H]1C[C@@H](Oc2cc(-c3nc(C(C)C)cs3)nc3c(C)c(OC)ccc23)CN1C(=O)[C@@H](Nc1ccc(F)c(C(F)(F)F)c1)C(C)(C)C)C(=O)NS(=O)(=O)N(C)C. The Morgan fingerprint density at radius 1 is 1.06 bits per heavy atom. The summed E-state index contributed by atoms with van der Waals surface area (Å²) < 4.78 is 96.2. The van der Waals surface area contributed by atoms with Crippen LogP contribution < -0.4 is 24.8 Å². The number of thiazole rings is 1. The molecule has 0 bridgehead atoms. The second-order valence-electron chi connectivity index (χ2n) is 17.2. The Morgan fingerprint density at radius 2 is 1.76 bits per heavy atom. The molecule has 2 fully saturated rings. The highest BCUT2D eigenvalue weighted by Gasteiger charge is 2.59. The molecule has 0 unspecified atom stereocenters. The lowest BCUT2D eigenvalue weighted by molar-refractivity contribution is -0.141. The number of carbonyl (C=O) groups is 3. The number of amides is 3. The van der Waals surface area contributed by atoms with Crippen molar-refractivity contribution in [2.75, 3.05) is 33.1 Å². The van der Waals surface area contributed by atoms with E-state index in [1.54, 1.807) is 59.1 Å². The number of nitrogens with one attached hydrogen (secondary N) is 3. The highest BCUT2D eigenvalue weighted by Crippen LogP contribution is 2.44. The standard InChI is InChI=1S/C43H51F4N7O7S2/c1-11-24-19-42(24,40(57)52-63(58,59)53(8)9)51-37(55)32-17-26(20-54(32)39(56)36(41(5,6)7)48-25-12-14-29(44)28(16-25)43(45,46)47)61-34-18-30(38-50-31(21-62-38)22(2)3)49-35-23(4)33(60-10)15-13-27(34)35/h11-16,18,21-22,26,32,36,48H,17,19-20H2,1-10H3,(H,51,55)(H,52,57)/b24-11-/t26-,32+,36-,42-/m1/s1. The van der Waals surface area contributed by atoms with Crippen molar-refractivity contribution in [3.8, 4) is 22.2 Å². The molecule has 1 saturated carbocycles. The van der Waals surface area contributed by atoms with E-state index in [9.17, 15) is 40.4 Å². The number of allylic oxidation sites excluding steroid dienone is 1. The van der Waals surface area contributed by atoms with Gasteiger partial charge in [-0.25, -0.2) is 19.1 Å². The lowest BCUT2D eigenvalue weighted by Gasteiger charge is -2.36. The maximum absolute atomic E-state index is 14.9. The van der Waals surface area contributed by atoms with Gasteiger partial charge in [-0.2, -0.15) is 25.9 Å². The lowest BCUT2D eigenvalue weighted by Crippen LogP contribution is -2.58. The molecule has 20 heteroatoms. The van der Waals surface area contributed by atoms with Gasteiger partial charge in [-0.15, -0.1) is 11.3 Å². The molecule has 0 spiro atoms. The van der Waals surface area contributed by atoms with Crippen LogP contribution in [0.15, 0.2) is 53.4 Å². The third kappa shape index (κ3) is 9.62. The quantitative estimate of drug-likeness (QED) is 0.0941. The first kappa shape index (κ1) is 47.1. The average molecular weight is 918 g/mol. The van der Waals surface area contributed by atoms with Crippen LogP contribution in [0.5, 0.6) is 11.5 Å². The third-order valence-corrected chi connectivity index (χ3v) is 13.5. The number of rotatable bonds is 13. The van der Waals surface area contributed by atoms with Gasteiger partial charge in [0.15, 0.2) is 0 Å². The molecule has 3 amide bonds. The summed E-state index contributed by atoms with van der Waals surface area (Å²) >= 11 is 1.41. The number of alkyl halides is 3. The number of carbonyl (C=O) groups excluding carboxylic acids is 3. The van der Waals surface area contributed by atoms with E-state index in [1.165, 1.54) is 30.3 Å². The number of pyridine rings is 1. The van der Waals surface area contributed by atoms with E-state index in [0.29, 0.717) is 50.8 Å². The maximum Gasteiger partial charge on any atom is 0.419 e. The molecule has 2 aromatic heterocycles. The van der Waals surface area contributed by atoms with Crippen LogP contribution in [0.2, 0.25) is 0 Å². The molecule has 63 heavy (non-hydrogen) atoms. The van der Waals surface area contributed by atoms with Gasteiger partial charge in [0.05, 0.1) is 30.4 Å². The number of hydrogen-bond acceptors (Lipinski definition) is 11. The van der Waals surface area contributed by atoms with Crippen molar-refractivity contribution < 1.29 is 49.8 Å². The molecule has 14 nitrogen and oxygen atoms in total. The Bertz CT molecular complexity index is 2590. The molecular weight excluding hydrogens is 867 g/mol. The number of fused-ring (bicyclic) bond motifs is 1. The fraction of sp³-hybridized carbons (Fsp3) is 0.465. The highest BCUT2D eigenvalue weighted by atomic mass is 32.2. The summed E-state index contributed by atoms with van der Waals surface area (Å²) in [5.74, 6) is -2.90. The zero-order chi connectivity index (χ0) is 46.6. The number of halogens is 4. The Balaban J connectivity index is 1.41. The van der Waals surface area contributed by atoms with E-state index >= 15 is 0 Å². The number of methoxy groups -OCH3 is 1. The molecule has 1 aliphatic carbocycles. The number of aryl methyl sites for hydroxylation is 1. The van der Waals surface area contributed by atoms with E-state index < -0.39 is 74.6 Å². The van der Waals surface area contributed by atoms with Crippen LogP contribution in [-0.2, 0) is 30.8 Å². The molecule has 0 radical (unpaired) electrons. The number of nitrogens with zero attached hydrogens (tertiary/aromatic N) is 4. The Hall–Kier alpha value is -5.34. The zero-order valence-corrected chi connectivity index (χ0v) is 38.2. The topological polar surface area (TPSA) is 172 Å². The minimum Gasteiger partial charge on any atom is -0.496 e. The minimum absolute atomic E-state index is 0.00717. The van der Waals surface area contributed by atoms with Crippen molar-refractivity contribution in [1.82, 2.24) is 29.2 Å². The monoisotopic (exact) mass is 917 g/mol.